The highest BCUT2D eigenvalue weighted by atomic mass is 32.1. The number of hydrogen-bond donors (Lipinski definition) is 0. The number of hydrogen-bond acceptors (Lipinski definition) is 3. The monoisotopic (exact) mass is 669 g/mol. The van der Waals surface area contributed by atoms with Crippen LogP contribution in [-0.2, 0) is 0 Å². The van der Waals surface area contributed by atoms with E-state index in [2.05, 4.69) is 181 Å². The number of para-hydroxylation sites is 1. The first-order chi connectivity index (χ1) is 25.3. The van der Waals surface area contributed by atoms with Crippen molar-refractivity contribution in [2.45, 2.75) is 0 Å². The largest absolute Gasteiger partial charge is 0.456 e. The van der Waals surface area contributed by atoms with E-state index in [1.165, 1.54) is 42.4 Å². The maximum atomic E-state index is 6.53. The van der Waals surface area contributed by atoms with E-state index < -0.39 is 0 Å². The van der Waals surface area contributed by atoms with E-state index in [-0.39, 0.29) is 0 Å². The summed E-state index contributed by atoms with van der Waals surface area (Å²) >= 11 is 1.86. The number of fused-ring (bicyclic) bond motifs is 6. The maximum Gasteiger partial charge on any atom is 0.137 e. The van der Waals surface area contributed by atoms with Crippen LogP contribution in [0.15, 0.2) is 192 Å². The van der Waals surface area contributed by atoms with Crippen molar-refractivity contribution in [3.63, 3.8) is 0 Å². The normalized spacial score (nSPS) is 11.5. The number of furan rings is 1. The van der Waals surface area contributed by atoms with Gasteiger partial charge in [-0.15, -0.1) is 11.3 Å². The summed E-state index contributed by atoms with van der Waals surface area (Å²) in [6.07, 6.45) is 0. The highest BCUT2D eigenvalue weighted by molar-refractivity contribution is 7.26. The molecule has 0 fully saturated rings. The summed E-state index contributed by atoms with van der Waals surface area (Å²) in [6, 6.07) is 67.5. The minimum atomic E-state index is 0.867. The molecule has 10 aromatic rings. The molecule has 0 saturated carbocycles. The Balaban J connectivity index is 1.33. The van der Waals surface area contributed by atoms with E-state index in [9.17, 15) is 0 Å². The highest BCUT2D eigenvalue weighted by Gasteiger charge is 2.24. The van der Waals surface area contributed by atoms with E-state index >= 15 is 0 Å². The fourth-order valence-corrected chi connectivity index (χ4v) is 8.68. The average molecular weight is 670 g/mol. The van der Waals surface area contributed by atoms with Crippen molar-refractivity contribution >= 4 is 70.5 Å². The average Bonchev–Trinajstić information content (AvgIpc) is 3.77. The molecule has 2 aromatic heterocycles. The molecule has 0 N–H and O–H groups in total. The molecule has 2 nitrogen and oxygen atoms in total. The second-order valence-electron chi connectivity index (χ2n) is 12.9. The quantitative estimate of drug-likeness (QED) is 0.175. The third-order valence-corrected chi connectivity index (χ3v) is 11.0. The Morgan fingerprint density at radius 2 is 0.941 bits per heavy atom. The summed E-state index contributed by atoms with van der Waals surface area (Å²) in [6.45, 7) is 0. The van der Waals surface area contributed by atoms with Crippen LogP contribution in [0.3, 0.4) is 0 Å². The lowest BCUT2D eigenvalue weighted by Gasteiger charge is -2.29. The van der Waals surface area contributed by atoms with Crippen molar-refractivity contribution in [3.05, 3.63) is 188 Å². The van der Waals surface area contributed by atoms with Crippen LogP contribution in [0.2, 0.25) is 0 Å². The minimum absolute atomic E-state index is 0.867. The van der Waals surface area contributed by atoms with Gasteiger partial charge < -0.3 is 9.32 Å². The smallest absolute Gasteiger partial charge is 0.137 e. The summed E-state index contributed by atoms with van der Waals surface area (Å²) in [5, 5.41) is 4.76. The second-order valence-corrected chi connectivity index (χ2v) is 14.0. The Hall–Kier alpha value is -6.42. The van der Waals surface area contributed by atoms with Gasteiger partial charge in [0.15, 0.2) is 0 Å². The topological polar surface area (TPSA) is 16.4 Å². The SMILES string of the molecule is c1ccc(-c2cc(-c3ccccc3)cc(N(c3ccc4c(c3)oc3ccccc34)c3c(-c4ccccc4)ccc4c3sc3ccccc34)c2)cc1. The first-order valence-corrected chi connectivity index (χ1v) is 18.1. The van der Waals surface area contributed by atoms with E-state index in [0.717, 1.165) is 50.1 Å². The van der Waals surface area contributed by atoms with Crippen LogP contribution < -0.4 is 4.90 Å². The van der Waals surface area contributed by atoms with Crippen LogP contribution in [0.4, 0.5) is 17.1 Å². The minimum Gasteiger partial charge on any atom is -0.456 e. The molecule has 0 spiro atoms. The molecule has 0 radical (unpaired) electrons. The summed E-state index contributed by atoms with van der Waals surface area (Å²) in [4.78, 5) is 2.46. The molecule has 0 amide bonds. The zero-order valence-corrected chi connectivity index (χ0v) is 28.5. The molecule has 10 rings (SSSR count). The predicted octanol–water partition coefficient (Wildman–Crippen LogP) is 14.4. The van der Waals surface area contributed by atoms with Crippen molar-refractivity contribution < 1.29 is 4.42 Å². The van der Waals surface area contributed by atoms with Crippen molar-refractivity contribution in [2.24, 2.45) is 0 Å². The van der Waals surface area contributed by atoms with Crippen LogP contribution in [0.1, 0.15) is 0 Å². The van der Waals surface area contributed by atoms with Gasteiger partial charge in [-0.25, -0.2) is 0 Å². The van der Waals surface area contributed by atoms with Crippen molar-refractivity contribution in [1.29, 1.82) is 0 Å². The number of thiophene rings is 1. The fraction of sp³-hybridized carbons (Fsp3) is 0. The lowest BCUT2D eigenvalue weighted by molar-refractivity contribution is 0.669. The summed E-state index contributed by atoms with van der Waals surface area (Å²) < 4.78 is 9.04. The van der Waals surface area contributed by atoms with Gasteiger partial charge in [-0.3, -0.25) is 0 Å². The highest BCUT2D eigenvalue weighted by Crippen LogP contribution is 2.51. The first kappa shape index (κ1) is 29.5. The van der Waals surface area contributed by atoms with E-state index in [1.807, 2.05) is 23.5 Å². The van der Waals surface area contributed by atoms with Gasteiger partial charge in [0.25, 0.3) is 0 Å². The van der Waals surface area contributed by atoms with Gasteiger partial charge in [-0.1, -0.05) is 140 Å². The molecule has 0 aliphatic rings. The maximum absolute atomic E-state index is 6.53. The van der Waals surface area contributed by atoms with Gasteiger partial charge >= 0.3 is 0 Å². The number of rotatable bonds is 6. The number of nitrogens with zero attached hydrogens (tertiary/aromatic N) is 1. The van der Waals surface area contributed by atoms with E-state index in [0.29, 0.717) is 0 Å². The fourth-order valence-electron chi connectivity index (χ4n) is 7.44. The number of anilines is 3. The van der Waals surface area contributed by atoms with Crippen LogP contribution in [0, 0.1) is 0 Å². The van der Waals surface area contributed by atoms with Crippen molar-refractivity contribution in [2.75, 3.05) is 4.90 Å². The van der Waals surface area contributed by atoms with Gasteiger partial charge in [-0.05, 0) is 70.3 Å². The van der Waals surface area contributed by atoms with Crippen molar-refractivity contribution in [1.82, 2.24) is 0 Å². The Kier molecular flexibility index (Phi) is 7.04. The predicted molar refractivity (Wildman–Crippen MR) is 218 cm³/mol. The molecule has 240 valence electrons. The van der Waals surface area contributed by atoms with Gasteiger partial charge in [-0.2, -0.15) is 0 Å². The molecule has 0 aliphatic heterocycles. The molecule has 2 heterocycles. The Morgan fingerprint density at radius 1 is 0.373 bits per heavy atom. The lowest BCUT2D eigenvalue weighted by Crippen LogP contribution is -2.12. The van der Waals surface area contributed by atoms with E-state index in [4.69, 9.17) is 4.42 Å². The van der Waals surface area contributed by atoms with Crippen LogP contribution in [0.5, 0.6) is 0 Å². The Labute approximate surface area is 300 Å². The molecule has 8 aromatic carbocycles. The van der Waals surface area contributed by atoms with Gasteiger partial charge in [0.1, 0.15) is 11.2 Å². The molecule has 0 saturated heterocycles. The molecular formula is C48H31NOS. The number of benzene rings is 8. The van der Waals surface area contributed by atoms with E-state index in [1.54, 1.807) is 0 Å². The summed E-state index contributed by atoms with van der Waals surface area (Å²) in [5.74, 6) is 0. The molecule has 0 aliphatic carbocycles. The summed E-state index contributed by atoms with van der Waals surface area (Å²) in [7, 11) is 0. The molecule has 0 unspecified atom stereocenters. The zero-order chi connectivity index (χ0) is 33.7. The third-order valence-electron chi connectivity index (χ3n) is 9.84. The first-order valence-electron chi connectivity index (χ1n) is 17.3. The van der Waals surface area contributed by atoms with Gasteiger partial charge in [0.05, 0.1) is 10.4 Å². The molecule has 0 atom stereocenters. The lowest BCUT2D eigenvalue weighted by atomic mass is 9.96. The van der Waals surface area contributed by atoms with Crippen LogP contribution in [-0.4, -0.2) is 0 Å². The molecular weight excluding hydrogens is 639 g/mol. The van der Waals surface area contributed by atoms with Crippen molar-refractivity contribution in [3.8, 4) is 33.4 Å². The zero-order valence-electron chi connectivity index (χ0n) is 27.7. The Morgan fingerprint density at radius 3 is 1.65 bits per heavy atom. The van der Waals surface area contributed by atoms with Crippen LogP contribution >= 0.6 is 11.3 Å². The standard InChI is InChI=1S/C48H31NOS/c1-4-14-32(15-5-1)35-28-36(33-16-6-2-7-17-33)30-38(29-35)49(37-24-25-41-40-20-10-12-22-44(40)50-45(41)31-37)47-39(34-18-8-3-9-19-34)26-27-43-42-21-11-13-23-46(42)51-48(43)47/h1-31H. The molecule has 51 heavy (non-hydrogen) atoms. The summed E-state index contributed by atoms with van der Waals surface area (Å²) in [5.41, 5.74) is 12.0. The second kappa shape index (κ2) is 12.2. The third kappa shape index (κ3) is 5.10. The van der Waals surface area contributed by atoms with Gasteiger partial charge in [0, 0.05) is 49.2 Å². The molecule has 0 bridgehead atoms. The van der Waals surface area contributed by atoms with Crippen LogP contribution in [0.25, 0.3) is 75.5 Å². The van der Waals surface area contributed by atoms with Gasteiger partial charge in [0.2, 0.25) is 0 Å². The molecule has 3 heteroatoms. The Bertz CT molecular complexity index is 2790.